The van der Waals surface area contributed by atoms with Gasteiger partial charge in [-0.25, -0.2) is 0 Å². The van der Waals surface area contributed by atoms with E-state index in [2.05, 4.69) is 15.5 Å². The summed E-state index contributed by atoms with van der Waals surface area (Å²) in [6, 6.07) is 12.3. The van der Waals surface area contributed by atoms with Crippen LogP contribution in [-0.2, 0) is 4.74 Å². The fraction of sp³-hybridized carbons (Fsp3) is 0.364. The highest BCUT2D eigenvalue weighted by Crippen LogP contribution is 2.25. The molecule has 2 amide bonds. The lowest BCUT2D eigenvalue weighted by Crippen LogP contribution is -2.41. The van der Waals surface area contributed by atoms with Gasteiger partial charge in [0.1, 0.15) is 5.75 Å². The highest BCUT2D eigenvalue weighted by Gasteiger charge is 2.14. The van der Waals surface area contributed by atoms with Crippen molar-refractivity contribution in [2.24, 2.45) is 0 Å². The summed E-state index contributed by atoms with van der Waals surface area (Å²) in [5, 5.41) is 5.77. The van der Waals surface area contributed by atoms with Gasteiger partial charge < -0.3 is 20.1 Å². The molecular weight excluding hydrogens is 370 g/mol. The van der Waals surface area contributed by atoms with E-state index in [0.717, 1.165) is 38.4 Å². The van der Waals surface area contributed by atoms with Crippen LogP contribution in [0.25, 0.3) is 0 Å². The van der Waals surface area contributed by atoms with Crippen LogP contribution in [0.5, 0.6) is 5.75 Å². The second-order valence-corrected chi connectivity index (χ2v) is 6.95. The molecule has 1 aliphatic heterocycles. The summed E-state index contributed by atoms with van der Waals surface area (Å²) in [7, 11) is 1.56. The predicted octanol–water partition coefficient (Wildman–Crippen LogP) is 2.32. The number of hydrogen-bond acceptors (Lipinski definition) is 5. The average molecular weight is 397 g/mol. The maximum absolute atomic E-state index is 12.7. The van der Waals surface area contributed by atoms with Crippen molar-refractivity contribution in [2.45, 2.75) is 6.92 Å². The smallest absolute Gasteiger partial charge is 0.255 e. The number of carbonyl (C=O) groups is 2. The van der Waals surface area contributed by atoms with Crippen molar-refractivity contribution in [3.8, 4) is 5.75 Å². The number of amides is 2. The van der Waals surface area contributed by atoms with Crippen LogP contribution in [0, 0.1) is 6.92 Å². The first-order chi connectivity index (χ1) is 14.1. The molecule has 0 radical (unpaired) electrons. The Labute approximate surface area is 171 Å². The molecule has 2 aromatic rings. The zero-order chi connectivity index (χ0) is 20.6. The number of anilines is 1. The molecule has 0 saturated carbocycles. The van der Waals surface area contributed by atoms with Crippen LogP contribution in [0.4, 0.5) is 5.69 Å². The van der Waals surface area contributed by atoms with E-state index in [1.54, 1.807) is 31.4 Å². The summed E-state index contributed by atoms with van der Waals surface area (Å²) in [6.45, 7) is 6.50. The summed E-state index contributed by atoms with van der Waals surface area (Å²) in [6.07, 6.45) is 0. The van der Waals surface area contributed by atoms with Crippen molar-refractivity contribution in [2.75, 3.05) is 51.8 Å². The highest BCUT2D eigenvalue weighted by atomic mass is 16.5. The van der Waals surface area contributed by atoms with Crippen LogP contribution in [-0.4, -0.2) is 63.2 Å². The van der Waals surface area contributed by atoms with Crippen molar-refractivity contribution < 1.29 is 19.1 Å². The first kappa shape index (κ1) is 20.8. The van der Waals surface area contributed by atoms with E-state index in [4.69, 9.17) is 9.47 Å². The Bertz CT molecular complexity index is 863. The van der Waals surface area contributed by atoms with Gasteiger partial charge in [-0.1, -0.05) is 12.1 Å². The summed E-state index contributed by atoms with van der Waals surface area (Å²) in [5.41, 5.74) is 2.47. The molecule has 0 bridgehead atoms. The molecular formula is C22H27N3O4. The average Bonchev–Trinajstić information content (AvgIpc) is 2.74. The van der Waals surface area contributed by atoms with Crippen molar-refractivity contribution >= 4 is 17.5 Å². The van der Waals surface area contributed by atoms with Gasteiger partial charge in [0, 0.05) is 37.3 Å². The minimum absolute atomic E-state index is 0.193. The number of ether oxygens (including phenoxy) is 2. The molecule has 7 nitrogen and oxygen atoms in total. The zero-order valence-corrected chi connectivity index (χ0v) is 16.9. The Morgan fingerprint density at radius 1 is 1.07 bits per heavy atom. The van der Waals surface area contributed by atoms with Gasteiger partial charge in [-0.3, -0.25) is 14.5 Å². The van der Waals surface area contributed by atoms with Gasteiger partial charge in [0.05, 0.1) is 26.0 Å². The lowest BCUT2D eigenvalue weighted by atomic mass is 10.1. The maximum Gasteiger partial charge on any atom is 0.255 e. The summed E-state index contributed by atoms with van der Waals surface area (Å²) in [5.74, 6) is 0.0962. The fourth-order valence-electron chi connectivity index (χ4n) is 3.17. The monoisotopic (exact) mass is 397 g/mol. The first-order valence-electron chi connectivity index (χ1n) is 9.71. The third-order valence-electron chi connectivity index (χ3n) is 4.81. The van der Waals surface area contributed by atoms with Crippen LogP contribution in [0.3, 0.4) is 0 Å². The molecule has 2 aromatic carbocycles. The molecule has 1 saturated heterocycles. The summed E-state index contributed by atoms with van der Waals surface area (Å²) >= 11 is 0. The normalized spacial score (nSPS) is 14.3. The van der Waals surface area contributed by atoms with Gasteiger partial charge in [0.2, 0.25) is 0 Å². The van der Waals surface area contributed by atoms with E-state index < -0.39 is 0 Å². The number of hydrogen-bond donors (Lipinski definition) is 2. The van der Waals surface area contributed by atoms with E-state index in [-0.39, 0.29) is 11.8 Å². The minimum Gasteiger partial charge on any atom is -0.495 e. The molecule has 2 N–H and O–H groups in total. The molecule has 154 valence electrons. The predicted molar refractivity (Wildman–Crippen MR) is 112 cm³/mol. The number of methoxy groups -OCH3 is 1. The number of nitrogens with zero attached hydrogens (tertiary/aromatic N) is 1. The summed E-state index contributed by atoms with van der Waals surface area (Å²) < 4.78 is 10.6. The maximum atomic E-state index is 12.7. The first-order valence-corrected chi connectivity index (χ1v) is 9.71. The van der Waals surface area contributed by atoms with Gasteiger partial charge in [0.15, 0.2) is 0 Å². The SMILES string of the molecule is COc1ccc(C)cc1NC(=O)c1cccc(C(=O)NCCN2CCOCC2)c1. The Hall–Kier alpha value is -2.90. The third kappa shape index (κ3) is 5.79. The number of benzene rings is 2. The van der Waals surface area contributed by atoms with E-state index in [0.29, 0.717) is 29.1 Å². The number of nitrogens with one attached hydrogen (secondary N) is 2. The zero-order valence-electron chi connectivity index (χ0n) is 16.9. The Morgan fingerprint density at radius 3 is 2.52 bits per heavy atom. The Morgan fingerprint density at radius 2 is 1.79 bits per heavy atom. The quantitative estimate of drug-likeness (QED) is 0.750. The number of carbonyl (C=O) groups excluding carboxylic acids is 2. The summed E-state index contributed by atoms with van der Waals surface area (Å²) in [4.78, 5) is 27.4. The van der Waals surface area contributed by atoms with E-state index >= 15 is 0 Å². The van der Waals surface area contributed by atoms with E-state index in [1.807, 2.05) is 25.1 Å². The Balaban J connectivity index is 1.60. The van der Waals surface area contributed by atoms with Crippen LogP contribution in [0.1, 0.15) is 26.3 Å². The molecule has 29 heavy (non-hydrogen) atoms. The standard InChI is InChI=1S/C22H27N3O4/c1-16-6-7-20(28-2)19(14-16)24-22(27)18-5-3-4-17(15-18)21(26)23-8-9-25-10-12-29-13-11-25/h3-7,14-15H,8-13H2,1-2H3,(H,23,26)(H,24,27). The Kier molecular flexibility index (Phi) is 7.21. The number of morpholine rings is 1. The lowest BCUT2D eigenvalue weighted by molar-refractivity contribution is 0.0383. The molecule has 1 aliphatic rings. The van der Waals surface area contributed by atoms with Crippen molar-refractivity contribution in [1.29, 1.82) is 0 Å². The molecule has 7 heteroatoms. The van der Waals surface area contributed by atoms with Gasteiger partial charge in [-0.2, -0.15) is 0 Å². The lowest BCUT2D eigenvalue weighted by Gasteiger charge is -2.26. The van der Waals surface area contributed by atoms with E-state index in [1.165, 1.54) is 0 Å². The third-order valence-corrected chi connectivity index (χ3v) is 4.81. The second-order valence-electron chi connectivity index (χ2n) is 6.95. The molecule has 0 unspecified atom stereocenters. The van der Waals surface area contributed by atoms with Gasteiger partial charge in [0.25, 0.3) is 11.8 Å². The topological polar surface area (TPSA) is 79.9 Å². The number of rotatable bonds is 7. The van der Waals surface area contributed by atoms with Crippen LogP contribution in [0.15, 0.2) is 42.5 Å². The molecule has 0 atom stereocenters. The van der Waals surface area contributed by atoms with Gasteiger partial charge >= 0.3 is 0 Å². The molecule has 1 heterocycles. The molecule has 0 spiro atoms. The van der Waals surface area contributed by atoms with Crippen molar-refractivity contribution in [1.82, 2.24) is 10.2 Å². The van der Waals surface area contributed by atoms with E-state index in [9.17, 15) is 9.59 Å². The second kappa shape index (κ2) is 10.0. The molecule has 0 aliphatic carbocycles. The van der Waals surface area contributed by atoms with Crippen LogP contribution >= 0.6 is 0 Å². The van der Waals surface area contributed by atoms with Gasteiger partial charge in [-0.15, -0.1) is 0 Å². The number of aryl methyl sites for hydroxylation is 1. The highest BCUT2D eigenvalue weighted by molar-refractivity contribution is 6.06. The largest absolute Gasteiger partial charge is 0.495 e. The van der Waals surface area contributed by atoms with Crippen molar-refractivity contribution in [3.05, 3.63) is 59.2 Å². The van der Waals surface area contributed by atoms with Crippen molar-refractivity contribution in [3.63, 3.8) is 0 Å². The minimum atomic E-state index is -0.295. The van der Waals surface area contributed by atoms with Crippen LogP contribution in [0.2, 0.25) is 0 Å². The molecule has 0 aromatic heterocycles. The van der Waals surface area contributed by atoms with Crippen LogP contribution < -0.4 is 15.4 Å². The molecule has 3 rings (SSSR count). The molecule has 1 fully saturated rings. The fourth-order valence-corrected chi connectivity index (χ4v) is 3.17. The van der Waals surface area contributed by atoms with Gasteiger partial charge in [-0.05, 0) is 42.8 Å².